The highest BCUT2D eigenvalue weighted by atomic mass is 35.5. The number of aryl methyl sites for hydroxylation is 1. The minimum atomic E-state index is -0.165. The molecule has 26 heavy (non-hydrogen) atoms. The van der Waals surface area contributed by atoms with Gasteiger partial charge in [-0.05, 0) is 36.8 Å². The number of para-hydroxylation sites is 1. The van der Waals surface area contributed by atoms with Crippen LogP contribution in [-0.2, 0) is 0 Å². The Bertz CT molecular complexity index is 730. The molecule has 0 unspecified atom stereocenters. The van der Waals surface area contributed by atoms with E-state index in [1.807, 2.05) is 42.5 Å². The maximum Gasteiger partial charge on any atom is 0.319 e. The van der Waals surface area contributed by atoms with Crippen LogP contribution in [0.2, 0.25) is 5.02 Å². The fourth-order valence-electron chi connectivity index (χ4n) is 3.10. The van der Waals surface area contributed by atoms with Gasteiger partial charge in [0, 0.05) is 45.0 Å². The summed E-state index contributed by atoms with van der Waals surface area (Å²) in [6.07, 6.45) is 0. The lowest BCUT2D eigenvalue weighted by atomic mass is 10.2. The fourth-order valence-corrected chi connectivity index (χ4v) is 3.34. The lowest BCUT2D eigenvalue weighted by Gasteiger charge is -2.36. The normalized spacial score (nSPS) is 14.9. The first kappa shape index (κ1) is 18.5. The van der Waals surface area contributed by atoms with Crippen molar-refractivity contribution in [3.63, 3.8) is 0 Å². The van der Waals surface area contributed by atoms with E-state index in [4.69, 9.17) is 11.6 Å². The molecule has 0 saturated carbocycles. The smallest absolute Gasteiger partial charge is 0.319 e. The highest BCUT2D eigenvalue weighted by Gasteiger charge is 2.18. The van der Waals surface area contributed by atoms with E-state index in [1.54, 1.807) is 0 Å². The molecule has 2 N–H and O–H groups in total. The van der Waals surface area contributed by atoms with Crippen molar-refractivity contribution in [2.45, 2.75) is 6.92 Å². The summed E-state index contributed by atoms with van der Waals surface area (Å²) in [6.45, 7) is 7.38. The van der Waals surface area contributed by atoms with E-state index in [9.17, 15) is 4.79 Å². The zero-order valence-corrected chi connectivity index (χ0v) is 15.8. The summed E-state index contributed by atoms with van der Waals surface area (Å²) in [5, 5.41) is 6.55. The van der Waals surface area contributed by atoms with Crippen LogP contribution >= 0.6 is 11.6 Å². The maximum absolute atomic E-state index is 11.9. The monoisotopic (exact) mass is 372 g/mol. The zero-order valence-electron chi connectivity index (χ0n) is 15.0. The van der Waals surface area contributed by atoms with Gasteiger partial charge < -0.3 is 15.5 Å². The summed E-state index contributed by atoms with van der Waals surface area (Å²) >= 11 is 6.34. The Balaban J connectivity index is 1.39. The molecule has 0 atom stereocenters. The van der Waals surface area contributed by atoms with Crippen molar-refractivity contribution in [3.8, 4) is 0 Å². The third-order valence-corrected chi connectivity index (χ3v) is 4.88. The van der Waals surface area contributed by atoms with Crippen LogP contribution in [0.1, 0.15) is 5.56 Å². The molecule has 0 aromatic heterocycles. The number of nitrogens with one attached hydrogen (secondary N) is 2. The van der Waals surface area contributed by atoms with E-state index < -0.39 is 0 Å². The number of halogens is 1. The number of benzene rings is 2. The van der Waals surface area contributed by atoms with Gasteiger partial charge >= 0.3 is 6.03 Å². The molecular formula is C20H25ClN4O. The molecule has 2 amide bonds. The first-order valence-electron chi connectivity index (χ1n) is 8.95. The minimum absolute atomic E-state index is 0.165. The average molecular weight is 373 g/mol. The van der Waals surface area contributed by atoms with Gasteiger partial charge in [0.05, 0.1) is 10.7 Å². The molecule has 1 aliphatic heterocycles. The van der Waals surface area contributed by atoms with Gasteiger partial charge in [0.2, 0.25) is 0 Å². The van der Waals surface area contributed by atoms with Crippen LogP contribution in [0.3, 0.4) is 0 Å². The van der Waals surface area contributed by atoms with Crippen LogP contribution in [0.25, 0.3) is 0 Å². The lowest BCUT2D eigenvalue weighted by Crippen LogP contribution is -2.48. The third-order valence-electron chi connectivity index (χ3n) is 4.56. The maximum atomic E-state index is 11.9. The molecule has 2 aromatic carbocycles. The number of urea groups is 1. The topological polar surface area (TPSA) is 47.6 Å². The summed E-state index contributed by atoms with van der Waals surface area (Å²) in [4.78, 5) is 16.6. The van der Waals surface area contributed by atoms with Crippen molar-refractivity contribution in [2.75, 3.05) is 49.5 Å². The van der Waals surface area contributed by atoms with E-state index in [0.29, 0.717) is 6.54 Å². The first-order chi connectivity index (χ1) is 12.6. The molecule has 5 nitrogen and oxygen atoms in total. The van der Waals surface area contributed by atoms with Gasteiger partial charge in [0.25, 0.3) is 0 Å². The van der Waals surface area contributed by atoms with E-state index in [0.717, 1.165) is 49.1 Å². The van der Waals surface area contributed by atoms with Crippen molar-refractivity contribution >= 4 is 29.0 Å². The Morgan fingerprint density at radius 2 is 1.81 bits per heavy atom. The second-order valence-electron chi connectivity index (χ2n) is 6.53. The fraction of sp³-hybridized carbons (Fsp3) is 0.350. The molecule has 0 aliphatic carbocycles. The highest BCUT2D eigenvalue weighted by molar-refractivity contribution is 6.33. The van der Waals surface area contributed by atoms with Gasteiger partial charge in [-0.1, -0.05) is 35.9 Å². The summed E-state index contributed by atoms with van der Waals surface area (Å²) in [6, 6.07) is 15.4. The van der Waals surface area contributed by atoms with Crippen molar-refractivity contribution in [1.82, 2.24) is 10.2 Å². The van der Waals surface area contributed by atoms with E-state index in [-0.39, 0.29) is 6.03 Å². The number of hydrogen-bond acceptors (Lipinski definition) is 3. The number of rotatable bonds is 5. The van der Waals surface area contributed by atoms with Crippen LogP contribution in [-0.4, -0.2) is 50.2 Å². The predicted molar refractivity (Wildman–Crippen MR) is 108 cm³/mol. The standard InChI is InChI=1S/C20H25ClN4O/c1-16-7-8-18(21)19(15-16)25-13-11-24(12-14-25)10-9-22-20(26)23-17-5-3-2-4-6-17/h2-8,15H,9-14H2,1H3,(H2,22,23,26). The molecule has 2 aromatic rings. The second-order valence-corrected chi connectivity index (χ2v) is 6.94. The Morgan fingerprint density at radius 3 is 2.54 bits per heavy atom. The number of carbonyl (C=O) groups is 1. The minimum Gasteiger partial charge on any atom is -0.368 e. The summed E-state index contributed by atoms with van der Waals surface area (Å²) in [5.74, 6) is 0. The van der Waals surface area contributed by atoms with Crippen LogP contribution in [0.4, 0.5) is 16.2 Å². The van der Waals surface area contributed by atoms with Gasteiger partial charge in [-0.3, -0.25) is 4.90 Å². The number of amides is 2. The van der Waals surface area contributed by atoms with Gasteiger partial charge in [-0.15, -0.1) is 0 Å². The Labute approximate surface area is 159 Å². The van der Waals surface area contributed by atoms with Gasteiger partial charge in [0.15, 0.2) is 0 Å². The number of piperazine rings is 1. The summed E-state index contributed by atoms with van der Waals surface area (Å²) in [7, 11) is 0. The summed E-state index contributed by atoms with van der Waals surface area (Å²) < 4.78 is 0. The number of hydrogen-bond donors (Lipinski definition) is 2. The third kappa shape index (κ3) is 5.13. The number of carbonyl (C=O) groups excluding carboxylic acids is 1. The number of nitrogens with zero attached hydrogens (tertiary/aromatic N) is 2. The van der Waals surface area contributed by atoms with Gasteiger partial charge in [-0.25, -0.2) is 4.79 Å². The quantitative estimate of drug-likeness (QED) is 0.843. The Morgan fingerprint density at radius 1 is 1.08 bits per heavy atom. The van der Waals surface area contributed by atoms with Gasteiger partial charge in [0.1, 0.15) is 0 Å². The van der Waals surface area contributed by atoms with Crippen LogP contribution in [0.5, 0.6) is 0 Å². The van der Waals surface area contributed by atoms with Crippen LogP contribution < -0.4 is 15.5 Å². The van der Waals surface area contributed by atoms with Crippen LogP contribution in [0.15, 0.2) is 48.5 Å². The van der Waals surface area contributed by atoms with Gasteiger partial charge in [-0.2, -0.15) is 0 Å². The average Bonchev–Trinajstić information content (AvgIpc) is 2.65. The predicted octanol–water partition coefficient (Wildman–Crippen LogP) is 3.59. The van der Waals surface area contributed by atoms with Crippen molar-refractivity contribution in [3.05, 3.63) is 59.1 Å². The van der Waals surface area contributed by atoms with Crippen molar-refractivity contribution < 1.29 is 4.79 Å². The molecule has 138 valence electrons. The molecule has 6 heteroatoms. The second kappa shape index (κ2) is 8.92. The molecule has 1 saturated heterocycles. The molecule has 1 aliphatic rings. The molecule has 3 rings (SSSR count). The Kier molecular flexibility index (Phi) is 6.36. The van der Waals surface area contributed by atoms with Crippen molar-refractivity contribution in [1.29, 1.82) is 0 Å². The molecule has 1 heterocycles. The number of anilines is 2. The largest absolute Gasteiger partial charge is 0.368 e. The molecular weight excluding hydrogens is 348 g/mol. The molecule has 1 fully saturated rings. The molecule has 0 bridgehead atoms. The Hall–Kier alpha value is -2.24. The molecule has 0 radical (unpaired) electrons. The highest BCUT2D eigenvalue weighted by Crippen LogP contribution is 2.27. The first-order valence-corrected chi connectivity index (χ1v) is 9.33. The SMILES string of the molecule is Cc1ccc(Cl)c(N2CCN(CCNC(=O)Nc3ccccc3)CC2)c1. The molecule has 0 spiro atoms. The van der Waals surface area contributed by atoms with Crippen molar-refractivity contribution in [2.24, 2.45) is 0 Å². The van der Waals surface area contributed by atoms with E-state index in [2.05, 4.69) is 33.4 Å². The summed E-state index contributed by atoms with van der Waals surface area (Å²) in [5.41, 5.74) is 3.14. The van der Waals surface area contributed by atoms with Crippen LogP contribution in [0, 0.1) is 6.92 Å². The van der Waals surface area contributed by atoms with E-state index in [1.165, 1.54) is 5.56 Å². The lowest BCUT2D eigenvalue weighted by molar-refractivity contribution is 0.240. The van der Waals surface area contributed by atoms with E-state index >= 15 is 0 Å². The zero-order chi connectivity index (χ0) is 18.4.